The Labute approximate surface area is 204 Å². The van der Waals surface area contributed by atoms with Crippen LogP contribution in [0.3, 0.4) is 0 Å². The van der Waals surface area contributed by atoms with Gasteiger partial charge in [-0.05, 0) is 13.3 Å². The highest BCUT2D eigenvalue weighted by molar-refractivity contribution is 8.08. The highest BCUT2D eigenvalue weighted by Gasteiger charge is 2.24. The van der Waals surface area contributed by atoms with Gasteiger partial charge in [0, 0.05) is 12.8 Å². The second-order valence-corrected chi connectivity index (χ2v) is 11.7. The number of rotatable bonds is 7. The summed E-state index contributed by atoms with van der Waals surface area (Å²) in [6.45, 7) is 9.70. The van der Waals surface area contributed by atoms with Crippen molar-refractivity contribution in [1.29, 1.82) is 0 Å². The minimum Gasteiger partial charge on any atom is -0.379 e. The standard InChI is InChI=1S/C8H18N.C6H11N2.2F2NO4S2/c1-3-6-9(2)7-4-5-8-9;1-3-8-5-4-7(2)6-8;2*1-8(4,5)3-9(2,6)7/h3-8H2,1-2H3;4-6H,3H2,1-2H3;;/q2*+1;2*-1. The molecule has 0 atom stereocenters. The van der Waals surface area contributed by atoms with Crippen molar-refractivity contribution >= 4 is 41.6 Å². The van der Waals surface area contributed by atoms with Crippen LogP contribution in [0.5, 0.6) is 0 Å². The fourth-order valence-corrected chi connectivity index (χ4v) is 4.47. The molecule has 1 aliphatic heterocycles. The summed E-state index contributed by atoms with van der Waals surface area (Å²) in [4.78, 5) is 0. The SMILES string of the molecule is CCC[N+]1(C)CCCC1.CCn1cc[n+](C)c1.O=S(=O)(F)[N-]S(=O)(=O)F.O=S(=O)(F)[N-]S(=O)(=O)F. The molecule has 35 heavy (non-hydrogen) atoms. The summed E-state index contributed by atoms with van der Waals surface area (Å²) in [5, 5.41) is 0. The first-order valence-corrected chi connectivity index (χ1v) is 15.0. The summed E-state index contributed by atoms with van der Waals surface area (Å²) in [5.74, 6) is 0. The predicted octanol–water partition coefficient (Wildman–Crippen LogP) is 1.55. The lowest BCUT2D eigenvalue weighted by Crippen LogP contribution is -2.41. The number of hydrogen-bond donors (Lipinski definition) is 0. The van der Waals surface area contributed by atoms with Crippen LogP contribution >= 0.6 is 0 Å². The Morgan fingerprint density at radius 2 is 1.20 bits per heavy atom. The van der Waals surface area contributed by atoms with Crippen molar-refractivity contribution < 1.29 is 58.3 Å². The van der Waals surface area contributed by atoms with E-state index in [1.807, 2.05) is 17.8 Å². The molecule has 0 spiro atoms. The van der Waals surface area contributed by atoms with Gasteiger partial charge < -0.3 is 12.7 Å². The number of nitrogens with zero attached hydrogens (tertiary/aromatic N) is 5. The summed E-state index contributed by atoms with van der Waals surface area (Å²) < 4.78 is 126. The highest BCUT2D eigenvalue weighted by atomic mass is 32.3. The van der Waals surface area contributed by atoms with Gasteiger partial charge >= 0.3 is 0 Å². The van der Waals surface area contributed by atoms with E-state index in [0.29, 0.717) is 0 Å². The monoisotopic (exact) mass is 599 g/mol. The third-order valence-corrected chi connectivity index (χ3v) is 6.80. The number of quaternary nitrogens is 1. The van der Waals surface area contributed by atoms with E-state index in [0.717, 1.165) is 14.8 Å². The van der Waals surface area contributed by atoms with Crippen LogP contribution in [0.25, 0.3) is 8.25 Å². The van der Waals surface area contributed by atoms with Crippen molar-refractivity contribution in [2.75, 3.05) is 26.7 Å². The van der Waals surface area contributed by atoms with E-state index in [-0.39, 0.29) is 0 Å². The molecule has 1 aromatic heterocycles. The van der Waals surface area contributed by atoms with E-state index in [1.165, 1.54) is 43.4 Å². The molecule has 0 aliphatic carbocycles. The van der Waals surface area contributed by atoms with Crippen molar-refractivity contribution in [3.8, 4) is 0 Å². The Morgan fingerprint density at radius 1 is 0.829 bits per heavy atom. The molecule has 0 N–H and O–H groups in total. The highest BCUT2D eigenvalue weighted by Crippen LogP contribution is 2.16. The molecule has 0 radical (unpaired) electrons. The normalized spacial score (nSPS) is 15.5. The molecular weight excluding hydrogens is 570 g/mol. The summed E-state index contributed by atoms with van der Waals surface area (Å²) in [6.07, 6.45) is 10.4. The van der Waals surface area contributed by atoms with Crippen molar-refractivity contribution in [2.24, 2.45) is 7.05 Å². The number of halogens is 4. The minimum absolute atomic E-state index is 1.06. The maximum absolute atomic E-state index is 11.1. The molecule has 210 valence electrons. The molecule has 1 saturated heterocycles. The van der Waals surface area contributed by atoms with Crippen LogP contribution in [0.1, 0.15) is 33.1 Å². The lowest BCUT2D eigenvalue weighted by molar-refractivity contribution is -0.897. The van der Waals surface area contributed by atoms with Gasteiger partial charge in [-0.3, -0.25) is 0 Å². The first-order chi connectivity index (χ1) is 15.5. The molecule has 0 bridgehead atoms. The number of aryl methyl sites for hydroxylation is 2. The predicted molar refractivity (Wildman–Crippen MR) is 118 cm³/mol. The minimum atomic E-state index is -5.62. The molecule has 13 nitrogen and oxygen atoms in total. The zero-order valence-electron chi connectivity index (χ0n) is 19.3. The number of likely N-dealkylation sites (tertiary alicyclic amines) is 1. The van der Waals surface area contributed by atoms with Gasteiger partial charge in [0.15, 0.2) is 0 Å². The van der Waals surface area contributed by atoms with Crippen molar-refractivity contribution in [1.82, 2.24) is 4.57 Å². The quantitative estimate of drug-likeness (QED) is 0.196. The van der Waals surface area contributed by atoms with Crippen LogP contribution in [0.15, 0.2) is 18.7 Å². The van der Waals surface area contributed by atoms with E-state index in [2.05, 4.69) is 38.0 Å². The fourth-order valence-electron chi connectivity index (χ4n) is 2.76. The van der Waals surface area contributed by atoms with Crippen LogP contribution in [-0.2, 0) is 55.2 Å². The Bertz CT molecular complexity index is 1060. The number of aromatic nitrogens is 2. The van der Waals surface area contributed by atoms with Gasteiger partial charge in [-0.15, -0.1) is 15.5 Å². The second kappa shape index (κ2) is 15.0. The summed E-state index contributed by atoms with van der Waals surface area (Å²) in [5.41, 5.74) is 0. The molecule has 1 aromatic rings. The molecule has 0 unspecified atom stereocenters. The molecular formula is C14H29F4N5O8S4. The molecule has 21 heteroatoms. The van der Waals surface area contributed by atoms with E-state index in [9.17, 15) is 49.2 Å². The van der Waals surface area contributed by atoms with Crippen molar-refractivity contribution in [3.05, 3.63) is 27.0 Å². The Hall–Kier alpha value is -1.39. The summed E-state index contributed by atoms with van der Waals surface area (Å²) in [7, 11) is -18.1. The molecule has 2 heterocycles. The molecule has 0 aromatic carbocycles. The van der Waals surface area contributed by atoms with Crippen LogP contribution < -0.4 is 4.57 Å². The number of hydrogen-bond acceptors (Lipinski definition) is 8. The van der Waals surface area contributed by atoms with Gasteiger partial charge in [-0.25, -0.2) is 42.8 Å². The molecule has 2 rings (SSSR count). The zero-order valence-corrected chi connectivity index (χ0v) is 22.6. The molecule has 0 amide bonds. The smallest absolute Gasteiger partial charge is 0.243 e. The second-order valence-electron chi connectivity index (χ2n) is 7.20. The first-order valence-electron chi connectivity index (χ1n) is 9.62. The summed E-state index contributed by atoms with van der Waals surface area (Å²) in [6, 6.07) is 0. The molecule has 1 fully saturated rings. The first kappa shape index (κ1) is 35.8. The topological polar surface area (TPSA) is 174 Å². The average Bonchev–Trinajstić information content (AvgIpc) is 3.18. The fraction of sp³-hybridized carbons (Fsp3) is 0.786. The van der Waals surface area contributed by atoms with Crippen LogP contribution in [0, 0.1) is 0 Å². The zero-order chi connectivity index (χ0) is 28.1. The Balaban J connectivity index is 0. The van der Waals surface area contributed by atoms with Crippen molar-refractivity contribution in [3.63, 3.8) is 0 Å². The van der Waals surface area contributed by atoms with Gasteiger partial charge in [0.1, 0.15) is 12.4 Å². The third-order valence-electron chi connectivity index (χ3n) is 3.95. The van der Waals surface area contributed by atoms with Gasteiger partial charge in [-0.2, -0.15) is 0 Å². The van der Waals surface area contributed by atoms with Gasteiger partial charge in [0.05, 0.1) is 40.3 Å². The van der Waals surface area contributed by atoms with Crippen LogP contribution in [0.2, 0.25) is 0 Å². The lowest BCUT2D eigenvalue weighted by atomic mass is 10.4. The van der Waals surface area contributed by atoms with Gasteiger partial charge in [0.2, 0.25) is 48.0 Å². The Kier molecular flexibility index (Phi) is 15.3. The maximum Gasteiger partial charge on any atom is 0.243 e. The van der Waals surface area contributed by atoms with E-state index in [1.54, 1.807) is 0 Å². The van der Waals surface area contributed by atoms with Crippen LogP contribution in [-0.4, -0.2) is 69.4 Å². The third kappa shape index (κ3) is 25.5. The van der Waals surface area contributed by atoms with Crippen molar-refractivity contribution in [2.45, 2.75) is 39.7 Å². The van der Waals surface area contributed by atoms with Crippen LogP contribution in [0.4, 0.5) is 15.5 Å². The van der Waals surface area contributed by atoms with Gasteiger partial charge in [-0.1, -0.05) is 6.92 Å². The van der Waals surface area contributed by atoms with E-state index >= 15 is 0 Å². The van der Waals surface area contributed by atoms with Gasteiger partial charge in [0.25, 0.3) is 0 Å². The Morgan fingerprint density at radius 3 is 1.37 bits per heavy atom. The molecule has 0 saturated carbocycles. The van der Waals surface area contributed by atoms with E-state index in [4.69, 9.17) is 0 Å². The molecule has 1 aliphatic rings. The van der Waals surface area contributed by atoms with E-state index < -0.39 is 41.6 Å². The number of imidazole rings is 1. The maximum atomic E-state index is 11.1. The average molecular weight is 600 g/mol. The largest absolute Gasteiger partial charge is 0.379 e. The summed E-state index contributed by atoms with van der Waals surface area (Å²) >= 11 is 0. The lowest BCUT2D eigenvalue weighted by Gasteiger charge is -2.28.